The average Bonchev–Trinajstić information content (AvgIpc) is 3.16. The van der Waals surface area contributed by atoms with Gasteiger partial charge in [-0.1, -0.05) is 54.6 Å². The van der Waals surface area contributed by atoms with Gasteiger partial charge in [0.15, 0.2) is 5.65 Å². The minimum atomic E-state index is -0.334. The molecule has 3 aromatic carbocycles. The van der Waals surface area contributed by atoms with Gasteiger partial charge < -0.3 is 16.2 Å². The second kappa shape index (κ2) is 9.87. The first kappa shape index (κ1) is 23.0. The number of nitrogen functional groups attached to an aromatic ring is 1. The second-order valence-electron chi connectivity index (χ2n) is 8.66. The number of rotatable bonds is 7. The zero-order valence-corrected chi connectivity index (χ0v) is 19.8. The highest BCUT2D eigenvalue weighted by Gasteiger charge is 2.25. The first-order valence-corrected chi connectivity index (χ1v) is 11.7. The van der Waals surface area contributed by atoms with Crippen LogP contribution < -0.4 is 11.1 Å². The van der Waals surface area contributed by atoms with Crippen LogP contribution in [0.1, 0.15) is 34.8 Å². The van der Waals surface area contributed by atoms with Crippen molar-refractivity contribution in [3.05, 3.63) is 95.6 Å². The molecule has 0 radical (unpaired) electrons. The van der Waals surface area contributed by atoms with E-state index >= 15 is 0 Å². The molecule has 0 saturated heterocycles. The predicted molar refractivity (Wildman–Crippen MR) is 142 cm³/mol. The van der Waals surface area contributed by atoms with Crippen LogP contribution in [0.2, 0.25) is 0 Å². The van der Waals surface area contributed by atoms with Crippen molar-refractivity contribution in [3.63, 3.8) is 0 Å². The molecule has 0 aliphatic carbocycles. The SMILES string of the molecule is C[C@@H](CCc1ccccc1)NC(=O)c1c(N)n(/N=C\c2ccccc2O)c2nc3ccccc3nc12. The van der Waals surface area contributed by atoms with E-state index in [4.69, 9.17) is 15.7 Å². The number of nitrogens with one attached hydrogen (secondary N) is 1. The fourth-order valence-corrected chi connectivity index (χ4v) is 4.10. The lowest BCUT2D eigenvalue weighted by Gasteiger charge is -2.14. The number of carbonyl (C=O) groups excluding carboxylic acids is 1. The molecule has 5 aromatic rings. The summed E-state index contributed by atoms with van der Waals surface area (Å²) in [6.07, 6.45) is 3.09. The molecule has 0 aliphatic heterocycles. The Kier molecular flexibility index (Phi) is 6.32. The predicted octanol–water partition coefficient (Wildman–Crippen LogP) is 4.51. The van der Waals surface area contributed by atoms with Crippen LogP contribution in [0, 0.1) is 0 Å². The number of para-hydroxylation sites is 3. The van der Waals surface area contributed by atoms with Gasteiger partial charge in [0.05, 0.1) is 17.2 Å². The summed E-state index contributed by atoms with van der Waals surface area (Å²) >= 11 is 0. The molecule has 5 rings (SSSR count). The summed E-state index contributed by atoms with van der Waals surface area (Å²) in [5, 5.41) is 17.6. The van der Waals surface area contributed by atoms with Crippen LogP contribution in [0.15, 0.2) is 84.0 Å². The molecule has 36 heavy (non-hydrogen) atoms. The van der Waals surface area contributed by atoms with E-state index in [1.807, 2.05) is 49.4 Å². The standard InChI is InChI=1S/C28H26N6O2/c1-18(15-16-19-9-3-2-4-10-19)31-28(36)24-25-27(33-22-13-7-6-12-21(22)32-25)34(26(24)29)30-17-20-11-5-8-14-23(20)35/h2-14,17-18,35H,15-16,29H2,1H3,(H,31,36)/b30-17-/t18-/m0/s1. The van der Waals surface area contributed by atoms with E-state index in [2.05, 4.69) is 22.6 Å². The maximum Gasteiger partial charge on any atom is 0.257 e. The quantitative estimate of drug-likeness (QED) is 0.298. The van der Waals surface area contributed by atoms with Gasteiger partial charge in [-0.2, -0.15) is 9.78 Å². The van der Waals surface area contributed by atoms with Gasteiger partial charge in [0.1, 0.15) is 22.6 Å². The molecule has 8 heteroatoms. The van der Waals surface area contributed by atoms with Crippen molar-refractivity contribution in [1.29, 1.82) is 0 Å². The topological polar surface area (TPSA) is 118 Å². The van der Waals surface area contributed by atoms with E-state index in [0.717, 1.165) is 12.8 Å². The van der Waals surface area contributed by atoms with Crippen molar-refractivity contribution < 1.29 is 9.90 Å². The Hall–Kier alpha value is -4.72. The summed E-state index contributed by atoms with van der Waals surface area (Å²) in [5.74, 6) is -0.128. The van der Waals surface area contributed by atoms with E-state index in [0.29, 0.717) is 27.8 Å². The smallest absolute Gasteiger partial charge is 0.257 e. The van der Waals surface area contributed by atoms with Crippen LogP contribution >= 0.6 is 0 Å². The van der Waals surface area contributed by atoms with Crippen molar-refractivity contribution >= 4 is 40.1 Å². The van der Waals surface area contributed by atoms with Crippen molar-refractivity contribution in [2.75, 3.05) is 5.73 Å². The molecule has 180 valence electrons. The number of aromatic nitrogens is 3. The Morgan fingerprint density at radius 3 is 2.44 bits per heavy atom. The number of benzene rings is 3. The Morgan fingerprint density at radius 1 is 1.03 bits per heavy atom. The lowest BCUT2D eigenvalue weighted by molar-refractivity contribution is 0.0940. The van der Waals surface area contributed by atoms with Gasteiger partial charge >= 0.3 is 0 Å². The Labute approximate surface area is 208 Å². The molecule has 0 aliphatic rings. The van der Waals surface area contributed by atoms with Crippen LogP contribution in [-0.4, -0.2) is 37.9 Å². The lowest BCUT2D eigenvalue weighted by atomic mass is 10.1. The van der Waals surface area contributed by atoms with Gasteiger partial charge in [-0.25, -0.2) is 9.97 Å². The molecule has 4 N–H and O–H groups in total. The third-order valence-corrected chi connectivity index (χ3v) is 6.04. The fraction of sp³-hybridized carbons (Fsp3) is 0.143. The zero-order chi connectivity index (χ0) is 25.1. The number of anilines is 1. The number of amides is 1. The number of carbonyl (C=O) groups is 1. The molecular weight excluding hydrogens is 452 g/mol. The van der Waals surface area contributed by atoms with Crippen LogP contribution in [-0.2, 0) is 6.42 Å². The largest absolute Gasteiger partial charge is 0.507 e. The highest BCUT2D eigenvalue weighted by atomic mass is 16.3. The van der Waals surface area contributed by atoms with Crippen molar-refractivity contribution in [2.45, 2.75) is 25.8 Å². The molecular formula is C28H26N6O2. The Morgan fingerprint density at radius 2 is 1.69 bits per heavy atom. The lowest BCUT2D eigenvalue weighted by Crippen LogP contribution is -2.33. The molecule has 0 bridgehead atoms. The van der Waals surface area contributed by atoms with Gasteiger partial charge in [0.2, 0.25) is 0 Å². The maximum absolute atomic E-state index is 13.4. The molecule has 1 atom stereocenters. The Balaban J connectivity index is 1.51. The summed E-state index contributed by atoms with van der Waals surface area (Å²) in [4.78, 5) is 22.8. The van der Waals surface area contributed by atoms with Crippen LogP contribution in [0.5, 0.6) is 5.75 Å². The van der Waals surface area contributed by atoms with E-state index in [1.165, 1.54) is 16.5 Å². The summed E-state index contributed by atoms with van der Waals surface area (Å²) in [5.41, 5.74) is 10.5. The van der Waals surface area contributed by atoms with E-state index in [9.17, 15) is 9.90 Å². The molecule has 2 aromatic heterocycles. The minimum Gasteiger partial charge on any atom is -0.507 e. The number of aryl methyl sites for hydroxylation is 1. The fourth-order valence-electron chi connectivity index (χ4n) is 4.10. The molecule has 0 spiro atoms. The zero-order valence-electron chi connectivity index (χ0n) is 19.8. The van der Waals surface area contributed by atoms with E-state index in [-0.39, 0.29) is 29.1 Å². The number of phenols is 1. The third-order valence-electron chi connectivity index (χ3n) is 6.04. The van der Waals surface area contributed by atoms with Crippen molar-refractivity contribution in [3.8, 4) is 5.75 Å². The highest BCUT2D eigenvalue weighted by Crippen LogP contribution is 2.28. The Bertz CT molecular complexity index is 1580. The van der Waals surface area contributed by atoms with Gasteiger partial charge in [-0.3, -0.25) is 4.79 Å². The molecule has 2 heterocycles. The van der Waals surface area contributed by atoms with Gasteiger partial charge in [0, 0.05) is 11.6 Å². The summed E-state index contributed by atoms with van der Waals surface area (Å²) in [7, 11) is 0. The van der Waals surface area contributed by atoms with Crippen molar-refractivity contribution in [1.82, 2.24) is 20.0 Å². The van der Waals surface area contributed by atoms with E-state index in [1.54, 1.807) is 24.3 Å². The van der Waals surface area contributed by atoms with Crippen LogP contribution in [0.25, 0.3) is 22.2 Å². The number of phenolic OH excluding ortho intramolecular Hbond substituents is 1. The van der Waals surface area contributed by atoms with Crippen molar-refractivity contribution in [2.24, 2.45) is 5.10 Å². The normalized spacial score (nSPS) is 12.4. The summed E-state index contributed by atoms with van der Waals surface area (Å²) < 4.78 is 1.39. The minimum absolute atomic E-state index is 0.0815. The van der Waals surface area contributed by atoms with Crippen LogP contribution in [0.3, 0.4) is 0 Å². The van der Waals surface area contributed by atoms with Gasteiger partial charge in [-0.15, -0.1) is 0 Å². The third kappa shape index (κ3) is 4.61. The number of aromatic hydroxyl groups is 1. The number of nitrogens with two attached hydrogens (primary N) is 1. The summed E-state index contributed by atoms with van der Waals surface area (Å²) in [6, 6.07) is 24.3. The number of nitrogens with zero attached hydrogens (tertiary/aromatic N) is 4. The van der Waals surface area contributed by atoms with Gasteiger partial charge in [0.25, 0.3) is 5.91 Å². The summed E-state index contributed by atoms with van der Waals surface area (Å²) in [6.45, 7) is 1.97. The molecule has 0 saturated carbocycles. The van der Waals surface area contributed by atoms with Crippen LogP contribution in [0.4, 0.5) is 5.82 Å². The molecule has 0 unspecified atom stereocenters. The van der Waals surface area contributed by atoms with Gasteiger partial charge in [-0.05, 0) is 49.6 Å². The monoisotopic (exact) mass is 478 g/mol. The number of hydrogen-bond donors (Lipinski definition) is 3. The second-order valence-corrected chi connectivity index (χ2v) is 8.66. The molecule has 8 nitrogen and oxygen atoms in total. The van der Waals surface area contributed by atoms with E-state index < -0.39 is 0 Å². The number of hydrogen-bond acceptors (Lipinski definition) is 6. The maximum atomic E-state index is 13.4. The molecule has 0 fully saturated rings. The average molecular weight is 479 g/mol. The highest BCUT2D eigenvalue weighted by molar-refractivity contribution is 6.10. The first-order valence-electron chi connectivity index (χ1n) is 11.7. The first-order chi connectivity index (χ1) is 17.5. The molecule has 1 amide bonds. The number of fused-ring (bicyclic) bond motifs is 2.